The van der Waals surface area contributed by atoms with Crippen LogP contribution < -0.4 is 0 Å². The molecule has 0 fully saturated rings. The van der Waals surface area contributed by atoms with E-state index in [1.54, 1.807) is 0 Å². The van der Waals surface area contributed by atoms with Gasteiger partial charge in [-0.2, -0.15) is 0 Å². The molecular weight excluding hydrogens is 743 g/mol. The maximum absolute atomic E-state index is 6.29. The Bertz CT molecular complexity index is 3160. The zero-order chi connectivity index (χ0) is 40.7. The first kappa shape index (κ1) is 36.9. The van der Waals surface area contributed by atoms with Crippen molar-refractivity contribution in [1.82, 2.24) is 15.0 Å². The summed E-state index contributed by atoms with van der Waals surface area (Å²) in [6.07, 6.45) is 18.0. The highest BCUT2D eigenvalue weighted by Crippen LogP contribution is 2.40. The number of nitrogens with zero attached hydrogens (tertiary/aromatic N) is 3. The Hall–Kier alpha value is -7.17. The molecule has 11 rings (SSSR count). The van der Waals surface area contributed by atoms with Crippen molar-refractivity contribution in [1.29, 1.82) is 0 Å². The van der Waals surface area contributed by atoms with Gasteiger partial charge in [0.25, 0.3) is 0 Å². The molecule has 294 valence electrons. The van der Waals surface area contributed by atoms with Gasteiger partial charge in [0, 0.05) is 22.1 Å². The first-order valence-electron chi connectivity index (χ1n) is 21.6. The number of aryl methyl sites for hydroxylation is 2. The highest BCUT2D eigenvalue weighted by atomic mass is 16.3. The molecule has 0 saturated heterocycles. The van der Waals surface area contributed by atoms with Gasteiger partial charge in [-0.15, -0.1) is 0 Å². The van der Waals surface area contributed by atoms with Gasteiger partial charge in [-0.1, -0.05) is 152 Å². The zero-order valence-corrected chi connectivity index (χ0v) is 34.4. The summed E-state index contributed by atoms with van der Waals surface area (Å²) < 4.78 is 6.29. The van der Waals surface area contributed by atoms with E-state index in [2.05, 4.69) is 153 Å². The lowest BCUT2D eigenvalue weighted by Gasteiger charge is -2.21. The van der Waals surface area contributed by atoms with Gasteiger partial charge in [0.15, 0.2) is 17.5 Å². The van der Waals surface area contributed by atoms with E-state index in [9.17, 15) is 0 Å². The fourth-order valence-corrected chi connectivity index (χ4v) is 9.48. The van der Waals surface area contributed by atoms with Gasteiger partial charge in [-0.25, -0.2) is 15.0 Å². The van der Waals surface area contributed by atoms with E-state index in [0.717, 1.165) is 78.8 Å². The molecule has 61 heavy (non-hydrogen) atoms. The van der Waals surface area contributed by atoms with Gasteiger partial charge in [-0.3, -0.25) is 0 Å². The molecular formula is C57H45N3O. The minimum atomic E-state index is 0.688. The molecule has 0 amide bonds. The predicted octanol–water partition coefficient (Wildman–Crippen LogP) is 14.4. The highest BCUT2D eigenvalue weighted by molar-refractivity contribution is 5.88. The van der Waals surface area contributed by atoms with Crippen molar-refractivity contribution in [2.24, 2.45) is 0 Å². The van der Waals surface area contributed by atoms with Crippen LogP contribution in [0.1, 0.15) is 77.1 Å². The number of aromatic nitrogens is 3. The monoisotopic (exact) mass is 787 g/mol. The standard InChI is InChI=1S/C57H45N3O/c1-37-45(29-26-41-14-8-9-17-49(37)41)34-47-30-31-48(35-52(47)42-24-20-39(21-25-42)38-12-4-2-5-13-38)57-59-55(43-15-6-3-7-16-43)58-56(60-57)44-27-22-40(23-28-44)46-32-33-51-50-18-10-11-19-53(50)61-54(51)36-46/h2-20,22,24,26-27,29-31,35-36H,21,23,25,28,32-34H2,1H3. The van der Waals surface area contributed by atoms with Crippen molar-refractivity contribution in [2.45, 2.75) is 51.9 Å². The Morgan fingerprint density at radius 3 is 1.85 bits per heavy atom. The number of rotatable bonds is 8. The van der Waals surface area contributed by atoms with Crippen molar-refractivity contribution in [3.05, 3.63) is 220 Å². The fraction of sp³-hybridized carbons (Fsp3) is 0.140. The van der Waals surface area contributed by atoms with Gasteiger partial charge in [0.2, 0.25) is 0 Å². The topological polar surface area (TPSA) is 51.8 Å². The molecule has 2 heterocycles. The molecule has 6 aromatic carbocycles. The van der Waals surface area contributed by atoms with Crippen LogP contribution >= 0.6 is 0 Å². The van der Waals surface area contributed by atoms with Crippen LogP contribution in [-0.4, -0.2) is 15.0 Å². The SMILES string of the molecule is Cc1c(Cc2ccc(-c3nc(C4=CC=C(C5=Cc6oc7ccccc7c6CC5)CC4)nc(-c4ccccc4)n3)cc2C2=CC=C(c3ccccc3)CC2)ccc2ccccc12. The first-order valence-corrected chi connectivity index (χ1v) is 21.6. The quantitative estimate of drug-likeness (QED) is 0.154. The second kappa shape index (κ2) is 15.8. The van der Waals surface area contributed by atoms with Crippen LogP contribution in [0.25, 0.3) is 67.3 Å². The van der Waals surface area contributed by atoms with Crippen LogP contribution in [0.5, 0.6) is 0 Å². The molecule has 0 aliphatic heterocycles. The fourth-order valence-electron chi connectivity index (χ4n) is 9.48. The Morgan fingerprint density at radius 2 is 1.07 bits per heavy atom. The van der Waals surface area contributed by atoms with E-state index >= 15 is 0 Å². The molecule has 0 unspecified atom stereocenters. The van der Waals surface area contributed by atoms with Crippen molar-refractivity contribution >= 4 is 44.5 Å². The molecule has 0 atom stereocenters. The van der Waals surface area contributed by atoms with Crippen LogP contribution in [0.4, 0.5) is 0 Å². The highest BCUT2D eigenvalue weighted by Gasteiger charge is 2.23. The minimum Gasteiger partial charge on any atom is -0.456 e. The van der Waals surface area contributed by atoms with E-state index < -0.39 is 0 Å². The van der Waals surface area contributed by atoms with Crippen LogP contribution in [0.2, 0.25) is 0 Å². The average Bonchev–Trinajstić information content (AvgIpc) is 3.71. The van der Waals surface area contributed by atoms with Crippen molar-refractivity contribution in [2.75, 3.05) is 0 Å². The summed E-state index contributed by atoms with van der Waals surface area (Å²) in [4.78, 5) is 15.6. The van der Waals surface area contributed by atoms with E-state index in [-0.39, 0.29) is 0 Å². The number of benzene rings is 6. The van der Waals surface area contributed by atoms with E-state index in [4.69, 9.17) is 19.4 Å². The van der Waals surface area contributed by atoms with Crippen molar-refractivity contribution < 1.29 is 4.42 Å². The Labute approximate surface area is 357 Å². The summed E-state index contributed by atoms with van der Waals surface area (Å²) in [5.41, 5.74) is 17.4. The number of hydrogen-bond donors (Lipinski definition) is 0. The Kier molecular flexibility index (Phi) is 9.54. The van der Waals surface area contributed by atoms with Gasteiger partial charge in [-0.05, 0) is 137 Å². The maximum Gasteiger partial charge on any atom is 0.164 e. The van der Waals surface area contributed by atoms with E-state index in [0.29, 0.717) is 11.6 Å². The second-order valence-corrected chi connectivity index (χ2v) is 16.5. The molecule has 0 N–H and O–H groups in total. The second-order valence-electron chi connectivity index (χ2n) is 16.5. The summed E-state index contributed by atoms with van der Waals surface area (Å²) in [5.74, 6) is 3.12. The van der Waals surface area contributed by atoms with Crippen LogP contribution in [0.3, 0.4) is 0 Å². The molecule has 2 aromatic heterocycles. The number of furan rings is 1. The smallest absolute Gasteiger partial charge is 0.164 e. The van der Waals surface area contributed by atoms with E-state index in [1.165, 1.54) is 71.8 Å². The lowest BCUT2D eigenvalue weighted by Crippen LogP contribution is -2.07. The molecule has 0 spiro atoms. The summed E-state index contributed by atoms with van der Waals surface area (Å²) in [6.45, 7) is 2.26. The normalized spacial score (nSPS) is 15.1. The van der Waals surface area contributed by atoms with E-state index in [1.807, 2.05) is 24.3 Å². The maximum atomic E-state index is 6.29. The van der Waals surface area contributed by atoms with Gasteiger partial charge >= 0.3 is 0 Å². The third-order valence-electron chi connectivity index (χ3n) is 12.9. The molecule has 3 aliphatic rings. The lowest BCUT2D eigenvalue weighted by atomic mass is 9.85. The molecule has 0 radical (unpaired) electrons. The molecule has 8 aromatic rings. The van der Waals surface area contributed by atoms with Crippen LogP contribution in [-0.2, 0) is 12.8 Å². The van der Waals surface area contributed by atoms with Crippen molar-refractivity contribution in [3.63, 3.8) is 0 Å². The Balaban J connectivity index is 0.985. The molecule has 3 aliphatic carbocycles. The third kappa shape index (κ3) is 7.19. The number of allylic oxidation sites excluding steroid dienone is 9. The largest absolute Gasteiger partial charge is 0.456 e. The Morgan fingerprint density at radius 1 is 0.459 bits per heavy atom. The molecule has 0 bridgehead atoms. The summed E-state index contributed by atoms with van der Waals surface area (Å²) >= 11 is 0. The summed E-state index contributed by atoms with van der Waals surface area (Å²) in [6, 6.07) is 49.6. The summed E-state index contributed by atoms with van der Waals surface area (Å²) in [7, 11) is 0. The van der Waals surface area contributed by atoms with Gasteiger partial charge in [0.05, 0.1) is 0 Å². The molecule has 4 heteroatoms. The number of para-hydroxylation sites is 1. The van der Waals surface area contributed by atoms with Gasteiger partial charge < -0.3 is 4.42 Å². The lowest BCUT2D eigenvalue weighted by molar-refractivity contribution is 0.593. The third-order valence-corrected chi connectivity index (χ3v) is 12.9. The molecule has 4 nitrogen and oxygen atoms in total. The average molecular weight is 788 g/mol. The zero-order valence-electron chi connectivity index (χ0n) is 34.4. The predicted molar refractivity (Wildman–Crippen MR) is 252 cm³/mol. The number of hydrogen-bond acceptors (Lipinski definition) is 4. The van der Waals surface area contributed by atoms with Crippen LogP contribution in [0, 0.1) is 6.92 Å². The van der Waals surface area contributed by atoms with Gasteiger partial charge in [0.1, 0.15) is 11.3 Å². The number of fused-ring (bicyclic) bond motifs is 4. The van der Waals surface area contributed by atoms with Crippen LogP contribution in [0.15, 0.2) is 179 Å². The molecule has 0 saturated carbocycles. The van der Waals surface area contributed by atoms with Crippen molar-refractivity contribution in [3.8, 4) is 22.8 Å². The first-order chi connectivity index (χ1) is 30.1. The summed E-state index contributed by atoms with van der Waals surface area (Å²) in [5, 5.41) is 3.82. The minimum absolute atomic E-state index is 0.688.